The van der Waals surface area contributed by atoms with Crippen LogP contribution in [0.2, 0.25) is 0 Å². The molecule has 0 radical (unpaired) electrons. The van der Waals surface area contributed by atoms with Gasteiger partial charge >= 0.3 is 16.1 Å². The van der Waals surface area contributed by atoms with Crippen molar-refractivity contribution in [3.8, 4) is 17.2 Å². The fourth-order valence-electron chi connectivity index (χ4n) is 3.35. The maximum Gasteiger partial charge on any atom is 0.338 e. The van der Waals surface area contributed by atoms with Gasteiger partial charge in [-0.05, 0) is 61.4 Å². The lowest BCUT2D eigenvalue weighted by molar-refractivity contribution is 0.0690. The summed E-state index contributed by atoms with van der Waals surface area (Å²) >= 11 is 0. The zero-order chi connectivity index (χ0) is 25.1. The third-order valence-corrected chi connectivity index (χ3v) is 6.48. The van der Waals surface area contributed by atoms with Crippen LogP contribution in [0.3, 0.4) is 0 Å². The molecule has 0 saturated heterocycles. The number of hydrogen-bond acceptors (Lipinski definition) is 6. The Bertz CT molecular complexity index is 1070. The molecule has 34 heavy (non-hydrogen) atoms. The first kappa shape index (κ1) is 27.4. The van der Waals surface area contributed by atoms with Crippen LogP contribution in [0.5, 0.6) is 17.2 Å². The minimum atomic E-state index is -3.69. The second kappa shape index (κ2) is 13.2. The Hall–Kier alpha value is -2.81. The Morgan fingerprint density at radius 3 is 2.38 bits per heavy atom. The van der Waals surface area contributed by atoms with Crippen molar-refractivity contribution in [2.24, 2.45) is 0 Å². The van der Waals surface area contributed by atoms with E-state index in [4.69, 9.17) is 13.7 Å². The summed E-state index contributed by atoms with van der Waals surface area (Å²) in [4.78, 5) is 11.3. The smallest absolute Gasteiger partial charge is 0.338 e. The van der Waals surface area contributed by atoms with Crippen molar-refractivity contribution in [1.82, 2.24) is 0 Å². The topological polar surface area (TPSA) is 99.1 Å². The summed E-state index contributed by atoms with van der Waals surface area (Å²) in [6.45, 7) is 4.20. The SMILES string of the molecule is CCCCOc1c(CCCc2ccc(OS(=O)(=O)CCCC)c(OC)c2)ccc(C(=O)O)c1F. The van der Waals surface area contributed by atoms with Crippen LogP contribution in [-0.2, 0) is 23.0 Å². The zero-order valence-corrected chi connectivity index (χ0v) is 20.8. The van der Waals surface area contributed by atoms with Crippen molar-refractivity contribution >= 4 is 16.1 Å². The summed E-state index contributed by atoms with van der Waals surface area (Å²) in [7, 11) is -2.25. The first-order valence-electron chi connectivity index (χ1n) is 11.5. The fourth-order valence-corrected chi connectivity index (χ4v) is 4.49. The van der Waals surface area contributed by atoms with Gasteiger partial charge < -0.3 is 18.8 Å². The fraction of sp³-hybridized carbons (Fsp3) is 0.480. The van der Waals surface area contributed by atoms with E-state index >= 15 is 0 Å². The summed E-state index contributed by atoms with van der Waals surface area (Å²) in [6, 6.07) is 7.90. The minimum Gasteiger partial charge on any atom is -0.493 e. The second-order valence-corrected chi connectivity index (χ2v) is 9.65. The lowest BCUT2D eigenvalue weighted by atomic mass is 10.0. The van der Waals surface area contributed by atoms with Gasteiger partial charge in [0.2, 0.25) is 0 Å². The van der Waals surface area contributed by atoms with Crippen molar-refractivity contribution < 1.29 is 36.4 Å². The molecular formula is C25H33FO7S. The van der Waals surface area contributed by atoms with E-state index in [1.165, 1.54) is 13.2 Å². The highest BCUT2D eigenvalue weighted by atomic mass is 32.2. The number of aromatic carboxylic acids is 1. The van der Waals surface area contributed by atoms with Crippen LogP contribution in [0.25, 0.3) is 0 Å². The maximum absolute atomic E-state index is 14.7. The number of halogens is 1. The van der Waals surface area contributed by atoms with Gasteiger partial charge in [0.15, 0.2) is 23.1 Å². The summed E-state index contributed by atoms with van der Waals surface area (Å²) in [5.74, 6) is -1.80. The molecule has 0 unspecified atom stereocenters. The van der Waals surface area contributed by atoms with Crippen LogP contribution in [0.15, 0.2) is 30.3 Å². The zero-order valence-electron chi connectivity index (χ0n) is 19.9. The molecule has 2 aromatic rings. The Morgan fingerprint density at radius 1 is 1.00 bits per heavy atom. The van der Waals surface area contributed by atoms with Gasteiger partial charge in [-0.25, -0.2) is 9.18 Å². The molecule has 0 aliphatic rings. The minimum absolute atomic E-state index is 0.00744. The van der Waals surface area contributed by atoms with Gasteiger partial charge in [0, 0.05) is 0 Å². The molecule has 0 fully saturated rings. The van der Waals surface area contributed by atoms with E-state index in [9.17, 15) is 22.7 Å². The number of carboxylic acids is 1. The van der Waals surface area contributed by atoms with Crippen LogP contribution >= 0.6 is 0 Å². The van der Waals surface area contributed by atoms with Gasteiger partial charge in [0.1, 0.15) is 0 Å². The first-order chi connectivity index (χ1) is 16.2. The van der Waals surface area contributed by atoms with Gasteiger partial charge in [-0.15, -0.1) is 0 Å². The Kier molecular flexibility index (Phi) is 10.6. The van der Waals surface area contributed by atoms with Gasteiger partial charge in [-0.2, -0.15) is 8.42 Å². The number of benzene rings is 2. The second-order valence-electron chi connectivity index (χ2n) is 7.96. The molecule has 0 heterocycles. The average molecular weight is 497 g/mol. The standard InChI is InChI=1S/C25H33FO7S/c1-4-6-15-32-24-19(12-13-20(23(24)26)25(27)28)10-8-9-18-11-14-21(22(17-18)31-3)33-34(29,30)16-7-5-2/h11-14,17H,4-10,15-16H2,1-3H3,(H,27,28). The van der Waals surface area contributed by atoms with Crippen LogP contribution in [0.1, 0.15) is 67.4 Å². The predicted molar refractivity (Wildman–Crippen MR) is 128 cm³/mol. The largest absolute Gasteiger partial charge is 0.493 e. The van der Waals surface area contributed by atoms with Crippen molar-refractivity contribution in [2.45, 2.75) is 58.8 Å². The summed E-state index contributed by atoms with van der Waals surface area (Å²) in [6.07, 6.45) is 4.58. The molecule has 0 bridgehead atoms. The van der Waals surface area contributed by atoms with E-state index in [1.54, 1.807) is 24.3 Å². The molecule has 2 rings (SSSR count). The molecule has 9 heteroatoms. The highest BCUT2D eigenvalue weighted by Crippen LogP contribution is 2.31. The van der Waals surface area contributed by atoms with Gasteiger partial charge in [-0.1, -0.05) is 38.8 Å². The Morgan fingerprint density at radius 2 is 1.74 bits per heavy atom. The van der Waals surface area contributed by atoms with Crippen LogP contribution < -0.4 is 13.7 Å². The number of aryl methyl sites for hydroxylation is 2. The summed E-state index contributed by atoms with van der Waals surface area (Å²) in [5.41, 5.74) is 1.09. The molecule has 0 atom stereocenters. The number of carboxylic acid groups (broad SMARTS) is 1. The molecule has 0 aromatic heterocycles. The molecule has 0 spiro atoms. The number of carbonyl (C=O) groups is 1. The molecule has 7 nitrogen and oxygen atoms in total. The summed E-state index contributed by atoms with van der Waals surface area (Å²) < 4.78 is 55.0. The molecule has 0 amide bonds. The molecule has 2 aromatic carbocycles. The third-order valence-electron chi connectivity index (χ3n) is 5.26. The van der Waals surface area contributed by atoms with Crippen molar-refractivity contribution in [3.63, 3.8) is 0 Å². The van der Waals surface area contributed by atoms with Crippen molar-refractivity contribution in [2.75, 3.05) is 19.5 Å². The number of unbranched alkanes of at least 4 members (excludes halogenated alkanes) is 2. The highest BCUT2D eigenvalue weighted by molar-refractivity contribution is 7.87. The van der Waals surface area contributed by atoms with Crippen LogP contribution in [-0.4, -0.2) is 39.0 Å². The Balaban J connectivity index is 2.11. The van der Waals surface area contributed by atoms with E-state index in [0.29, 0.717) is 43.6 Å². The number of hydrogen-bond donors (Lipinski definition) is 1. The van der Waals surface area contributed by atoms with Crippen LogP contribution in [0, 0.1) is 5.82 Å². The quantitative estimate of drug-likeness (QED) is 0.260. The molecule has 0 aliphatic carbocycles. The van der Waals surface area contributed by atoms with Crippen molar-refractivity contribution in [3.05, 3.63) is 52.8 Å². The number of rotatable bonds is 15. The molecule has 188 valence electrons. The van der Waals surface area contributed by atoms with Gasteiger partial charge in [0.05, 0.1) is 25.0 Å². The molecular weight excluding hydrogens is 463 g/mol. The van der Waals surface area contributed by atoms with Crippen molar-refractivity contribution in [1.29, 1.82) is 0 Å². The van der Waals surface area contributed by atoms with E-state index in [1.807, 2.05) is 13.8 Å². The van der Waals surface area contributed by atoms with E-state index in [-0.39, 0.29) is 17.3 Å². The average Bonchev–Trinajstić information content (AvgIpc) is 2.80. The lowest BCUT2D eigenvalue weighted by Gasteiger charge is -2.14. The molecule has 0 saturated carbocycles. The predicted octanol–water partition coefficient (Wildman–Crippen LogP) is 5.40. The molecule has 1 N–H and O–H groups in total. The van der Waals surface area contributed by atoms with Gasteiger partial charge in [0.25, 0.3) is 0 Å². The van der Waals surface area contributed by atoms with E-state index < -0.39 is 27.5 Å². The number of ether oxygens (including phenoxy) is 2. The van der Waals surface area contributed by atoms with E-state index in [0.717, 1.165) is 24.8 Å². The number of methoxy groups -OCH3 is 1. The maximum atomic E-state index is 14.7. The van der Waals surface area contributed by atoms with E-state index in [2.05, 4.69) is 0 Å². The normalized spacial score (nSPS) is 11.3. The highest BCUT2D eigenvalue weighted by Gasteiger charge is 2.20. The van der Waals surface area contributed by atoms with Crippen LogP contribution in [0.4, 0.5) is 4.39 Å². The molecule has 0 aliphatic heterocycles. The lowest BCUT2D eigenvalue weighted by Crippen LogP contribution is -2.14. The first-order valence-corrected chi connectivity index (χ1v) is 13.1. The Labute approximate surface area is 201 Å². The van der Waals surface area contributed by atoms with Gasteiger partial charge in [-0.3, -0.25) is 0 Å². The monoisotopic (exact) mass is 496 g/mol. The third kappa shape index (κ3) is 7.90. The summed E-state index contributed by atoms with van der Waals surface area (Å²) in [5, 5.41) is 9.21.